The van der Waals surface area contributed by atoms with Gasteiger partial charge in [0.05, 0.1) is 0 Å². The van der Waals surface area contributed by atoms with E-state index >= 15 is 0 Å². The first-order valence-corrected chi connectivity index (χ1v) is 4.38. The molecule has 0 fully saturated rings. The van der Waals surface area contributed by atoms with Crippen molar-refractivity contribution in [3.63, 3.8) is 0 Å². The van der Waals surface area contributed by atoms with Gasteiger partial charge in [-0.15, -0.1) is 0 Å². The second kappa shape index (κ2) is 4.17. The molecule has 1 aromatic rings. The van der Waals surface area contributed by atoms with Crippen LogP contribution in [0.4, 0.5) is 13.2 Å². The Hall–Kier alpha value is -1.50. The second-order valence-electron chi connectivity index (χ2n) is 2.91. The second-order valence-corrected chi connectivity index (χ2v) is 3.27. The molecular weight excluding hydrogens is 247 g/mol. The van der Waals surface area contributed by atoms with Gasteiger partial charge in [0.1, 0.15) is 5.15 Å². The van der Waals surface area contributed by atoms with Crippen molar-refractivity contribution < 1.29 is 18.0 Å². The fraction of sp³-hybridized carbons (Fsp3) is 0.250. The average Bonchev–Trinajstić information content (AvgIpc) is 2.40. The lowest BCUT2D eigenvalue weighted by Gasteiger charge is -2.02. The monoisotopic (exact) mass is 253 g/mol. The summed E-state index contributed by atoms with van der Waals surface area (Å²) < 4.78 is 38.3. The summed E-state index contributed by atoms with van der Waals surface area (Å²) in [6.45, 7) is 0. The van der Waals surface area contributed by atoms with E-state index in [1.165, 1.54) is 7.05 Å². The molecule has 0 aromatic carbocycles. The van der Waals surface area contributed by atoms with Crippen molar-refractivity contribution in [2.75, 3.05) is 0 Å². The molecule has 0 aliphatic heterocycles. The number of carbonyl (C=O) groups excluding carboxylic acids is 1. The van der Waals surface area contributed by atoms with Crippen LogP contribution in [-0.4, -0.2) is 15.7 Å². The van der Waals surface area contributed by atoms with E-state index in [2.05, 4.69) is 5.10 Å². The van der Waals surface area contributed by atoms with Gasteiger partial charge >= 0.3 is 6.18 Å². The minimum atomic E-state index is -4.64. The van der Waals surface area contributed by atoms with Crippen LogP contribution >= 0.6 is 11.6 Å². The van der Waals surface area contributed by atoms with Gasteiger partial charge in [-0.3, -0.25) is 9.48 Å². The molecular formula is C8H7ClF3N3O. The van der Waals surface area contributed by atoms with Crippen LogP contribution < -0.4 is 5.73 Å². The van der Waals surface area contributed by atoms with Gasteiger partial charge < -0.3 is 5.73 Å². The third-order valence-corrected chi connectivity index (χ3v) is 2.14. The number of primary amides is 1. The number of amides is 1. The molecule has 1 heterocycles. The van der Waals surface area contributed by atoms with Crippen LogP contribution in [0, 0.1) is 0 Å². The van der Waals surface area contributed by atoms with Gasteiger partial charge in [0, 0.05) is 18.7 Å². The molecule has 0 saturated carbocycles. The minimum Gasteiger partial charge on any atom is -0.366 e. The zero-order valence-electron chi connectivity index (χ0n) is 8.05. The highest BCUT2D eigenvalue weighted by atomic mass is 35.5. The summed E-state index contributed by atoms with van der Waals surface area (Å²) in [6, 6.07) is 0. The first-order valence-electron chi connectivity index (χ1n) is 4.00. The third kappa shape index (κ3) is 2.54. The first-order chi connectivity index (χ1) is 7.23. The molecule has 8 heteroatoms. The van der Waals surface area contributed by atoms with Crippen LogP contribution in [-0.2, 0) is 18.0 Å². The number of carbonyl (C=O) groups is 1. The van der Waals surface area contributed by atoms with E-state index < -0.39 is 17.8 Å². The number of hydrogen-bond donors (Lipinski definition) is 1. The Kier molecular flexibility index (Phi) is 3.27. The molecule has 0 atom stereocenters. The zero-order valence-corrected chi connectivity index (χ0v) is 8.80. The fourth-order valence-electron chi connectivity index (χ4n) is 1.04. The van der Waals surface area contributed by atoms with Crippen LogP contribution in [0.25, 0.3) is 6.08 Å². The van der Waals surface area contributed by atoms with E-state index in [0.717, 1.165) is 16.8 Å². The molecule has 0 unspecified atom stereocenters. The van der Waals surface area contributed by atoms with E-state index in [1.54, 1.807) is 0 Å². The standard InChI is InChI=1S/C8H7ClF3N3O/c1-15-7(9)4(2-3-5(13)16)6(14-15)8(10,11)12/h2-3H,1H3,(H2,13,16). The fourth-order valence-corrected chi connectivity index (χ4v) is 1.23. The van der Waals surface area contributed by atoms with Crippen LogP contribution in [0.2, 0.25) is 5.15 Å². The highest BCUT2D eigenvalue weighted by molar-refractivity contribution is 6.31. The van der Waals surface area contributed by atoms with Crippen molar-refractivity contribution in [1.29, 1.82) is 0 Å². The Morgan fingerprint density at radius 3 is 2.56 bits per heavy atom. The van der Waals surface area contributed by atoms with Crippen LogP contribution in [0.1, 0.15) is 11.3 Å². The van der Waals surface area contributed by atoms with Crippen LogP contribution in [0.3, 0.4) is 0 Å². The number of aryl methyl sites for hydroxylation is 1. The van der Waals surface area contributed by atoms with Gasteiger partial charge in [-0.2, -0.15) is 18.3 Å². The zero-order chi connectivity index (χ0) is 12.5. The Labute approximate surface area is 93.5 Å². The van der Waals surface area contributed by atoms with E-state index in [1.807, 2.05) is 0 Å². The number of halogens is 4. The van der Waals surface area contributed by atoms with E-state index in [4.69, 9.17) is 17.3 Å². The summed E-state index contributed by atoms with van der Waals surface area (Å²) in [4.78, 5) is 10.4. The molecule has 0 saturated heterocycles. The van der Waals surface area contributed by atoms with Gasteiger partial charge in [0.15, 0.2) is 5.69 Å². The van der Waals surface area contributed by atoms with Crippen LogP contribution in [0.5, 0.6) is 0 Å². The predicted molar refractivity (Wildman–Crippen MR) is 51.4 cm³/mol. The van der Waals surface area contributed by atoms with Crippen molar-refractivity contribution >= 4 is 23.6 Å². The first kappa shape index (κ1) is 12.6. The lowest BCUT2D eigenvalue weighted by Crippen LogP contribution is -2.09. The van der Waals surface area contributed by atoms with Crippen molar-refractivity contribution in [2.24, 2.45) is 12.8 Å². The maximum absolute atomic E-state index is 12.5. The number of nitrogens with two attached hydrogens (primary N) is 1. The Morgan fingerprint density at radius 2 is 2.12 bits per heavy atom. The van der Waals surface area contributed by atoms with Gasteiger partial charge in [0.25, 0.3) is 0 Å². The van der Waals surface area contributed by atoms with E-state index in [9.17, 15) is 18.0 Å². The molecule has 0 aliphatic rings. The van der Waals surface area contributed by atoms with E-state index in [-0.39, 0.29) is 10.7 Å². The Balaban J connectivity index is 3.30. The largest absolute Gasteiger partial charge is 0.435 e. The molecule has 1 amide bonds. The molecule has 1 aromatic heterocycles. The van der Waals surface area contributed by atoms with E-state index in [0.29, 0.717) is 0 Å². The lowest BCUT2D eigenvalue weighted by molar-refractivity contribution is -0.141. The molecule has 1 rings (SSSR count). The minimum absolute atomic E-state index is 0.218. The van der Waals surface area contributed by atoms with Crippen molar-refractivity contribution in [3.05, 3.63) is 22.5 Å². The summed E-state index contributed by atoms with van der Waals surface area (Å²) in [7, 11) is 1.26. The van der Waals surface area contributed by atoms with Crippen LogP contribution in [0.15, 0.2) is 6.08 Å². The smallest absolute Gasteiger partial charge is 0.366 e. The number of hydrogen-bond acceptors (Lipinski definition) is 2. The molecule has 0 bridgehead atoms. The summed E-state index contributed by atoms with van der Waals surface area (Å²) >= 11 is 5.60. The maximum atomic E-state index is 12.5. The van der Waals surface area contributed by atoms with Crippen molar-refractivity contribution in [2.45, 2.75) is 6.18 Å². The molecule has 0 spiro atoms. The summed E-state index contributed by atoms with van der Waals surface area (Å²) in [5.74, 6) is -0.868. The summed E-state index contributed by atoms with van der Waals surface area (Å²) in [5, 5.41) is 3.00. The maximum Gasteiger partial charge on any atom is 0.435 e. The lowest BCUT2D eigenvalue weighted by atomic mass is 10.2. The SMILES string of the molecule is Cn1nc(C(F)(F)F)c(C=CC(N)=O)c1Cl. The number of nitrogens with zero attached hydrogens (tertiary/aromatic N) is 2. The molecule has 0 aliphatic carbocycles. The van der Waals surface area contributed by atoms with Crippen molar-refractivity contribution in [3.8, 4) is 0 Å². The van der Waals surface area contributed by atoms with Gasteiger partial charge in [0.2, 0.25) is 5.91 Å². The van der Waals surface area contributed by atoms with Gasteiger partial charge in [-0.25, -0.2) is 0 Å². The number of rotatable bonds is 2. The highest BCUT2D eigenvalue weighted by Crippen LogP contribution is 2.34. The normalized spacial score (nSPS) is 12.3. The van der Waals surface area contributed by atoms with Crippen molar-refractivity contribution in [1.82, 2.24) is 9.78 Å². The summed E-state index contributed by atoms with van der Waals surface area (Å²) in [5.41, 5.74) is 3.24. The Morgan fingerprint density at radius 1 is 1.56 bits per heavy atom. The Bertz CT molecular complexity index is 450. The topological polar surface area (TPSA) is 60.9 Å². The average molecular weight is 254 g/mol. The quantitative estimate of drug-likeness (QED) is 0.814. The highest BCUT2D eigenvalue weighted by Gasteiger charge is 2.37. The number of alkyl halides is 3. The molecule has 16 heavy (non-hydrogen) atoms. The van der Waals surface area contributed by atoms with Gasteiger partial charge in [-0.05, 0) is 6.08 Å². The van der Waals surface area contributed by atoms with Gasteiger partial charge in [-0.1, -0.05) is 11.6 Å². The molecule has 88 valence electrons. The molecule has 4 nitrogen and oxygen atoms in total. The predicted octanol–water partition coefficient (Wildman–Crippen LogP) is 1.59. The molecule has 2 N–H and O–H groups in total. The third-order valence-electron chi connectivity index (χ3n) is 1.69. The summed E-state index contributed by atoms with van der Waals surface area (Å²) in [6.07, 6.45) is -2.96. The molecule has 0 radical (unpaired) electrons. The number of aromatic nitrogens is 2.